The third kappa shape index (κ3) is 3.62. The van der Waals surface area contributed by atoms with E-state index in [0.29, 0.717) is 18.3 Å². The lowest BCUT2D eigenvalue weighted by Gasteiger charge is -2.32. The Bertz CT molecular complexity index is 709. The predicted molar refractivity (Wildman–Crippen MR) is 90.6 cm³/mol. The van der Waals surface area contributed by atoms with Crippen LogP contribution >= 0.6 is 0 Å². The smallest absolute Gasteiger partial charge is 0.293 e. The van der Waals surface area contributed by atoms with Crippen LogP contribution in [0.1, 0.15) is 30.1 Å². The summed E-state index contributed by atoms with van der Waals surface area (Å²) in [6.45, 7) is 3.56. The van der Waals surface area contributed by atoms with E-state index in [1.54, 1.807) is 19.4 Å². The molecule has 1 saturated heterocycles. The molecule has 2 heterocycles. The van der Waals surface area contributed by atoms with E-state index < -0.39 is 0 Å². The molecule has 3 rings (SSSR count). The topological polar surface area (TPSA) is 56.1 Å². The van der Waals surface area contributed by atoms with Crippen LogP contribution < -0.4 is 10.9 Å². The summed E-state index contributed by atoms with van der Waals surface area (Å²) in [7, 11) is 1.73. The second-order valence-corrected chi connectivity index (χ2v) is 6.18. The van der Waals surface area contributed by atoms with E-state index in [4.69, 9.17) is 4.74 Å². The minimum absolute atomic E-state index is 0.0735. The standard InChI is InChI=1S/C18H23N3O2/c1-13-5-7-14(8-6-13)16-15(4-3-11-23-16)12-20-17-18(22)21(2)10-9-19-17/h5-10,15-16H,3-4,11-12H2,1-2H3,(H,19,20). The third-order valence-electron chi connectivity index (χ3n) is 4.40. The van der Waals surface area contributed by atoms with Crippen LogP contribution in [0.15, 0.2) is 41.5 Å². The van der Waals surface area contributed by atoms with Crippen molar-refractivity contribution in [2.45, 2.75) is 25.9 Å². The Kier molecular flexibility index (Phi) is 4.76. The first-order valence-corrected chi connectivity index (χ1v) is 8.09. The molecule has 0 spiro atoms. The molecule has 5 heteroatoms. The van der Waals surface area contributed by atoms with Crippen molar-refractivity contribution in [3.8, 4) is 0 Å². The van der Waals surface area contributed by atoms with Crippen LogP contribution in [-0.2, 0) is 11.8 Å². The zero-order valence-electron chi connectivity index (χ0n) is 13.7. The Hall–Kier alpha value is -2.14. The summed E-state index contributed by atoms with van der Waals surface area (Å²) >= 11 is 0. The van der Waals surface area contributed by atoms with Gasteiger partial charge < -0.3 is 14.6 Å². The molecular formula is C18H23N3O2. The number of rotatable bonds is 4. The number of anilines is 1. The number of hydrogen-bond acceptors (Lipinski definition) is 4. The van der Waals surface area contributed by atoms with Gasteiger partial charge in [-0.1, -0.05) is 29.8 Å². The predicted octanol–water partition coefficient (Wildman–Crippen LogP) is 2.67. The lowest BCUT2D eigenvalue weighted by atomic mass is 9.89. The highest BCUT2D eigenvalue weighted by molar-refractivity contribution is 5.31. The molecule has 0 amide bonds. The number of nitrogens with one attached hydrogen (secondary N) is 1. The maximum atomic E-state index is 12.0. The Morgan fingerprint density at radius 1 is 1.35 bits per heavy atom. The molecule has 0 saturated carbocycles. The van der Waals surface area contributed by atoms with Crippen molar-refractivity contribution in [1.82, 2.24) is 9.55 Å². The minimum Gasteiger partial charge on any atom is -0.373 e. The van der Waals surface area contributed by atoms with Gasteiger partial charge >= 0.3 is 0 Å². The van der Waals surface area contributed by atoms with E-state index in [1.807, 2.05) is 0 Å². The number of hydrogen-bond donors (Lipinski definition) is 1. The molecule has 2 atom stereocenters. The first kappa shape index (κ1) is 15.7. The van der Waals surface area contributed by atoms with Gasteiger partial charge in [-0.25, -0.2) is 4.98 Å². The first-order chi connectivity index (χ1) is 11.1. The monoisotopic (exact) mass is 313 g/mol. The van der Waals surface area contributed by atoms with Crippen LogP contribution in [0.5, 0.6) is 0 Å². The molecule has 1 aromatic carbocycles. The molecule has 23 heavy (non-hydrogen) atoms. The zero-order valence-corrected chi connectivity index (χ0v) is 13.7. The highest BCUT2D eigenvalue weighted by Crippen LogP contribution is 2.33. The average molecular weight is 313 g/mol. The van der Waals surface area contributed by atoms with Crippen molar-refractivity contribution in [3.05, 3.63) is 58.1 Å². The lowest BCUT2D eigenvalue weighted by Crippen LogP contribution is -2.30. The summed E-state index contributed by atoms with van der Waals surface area (Å²) in [6.07, 6.45) is 5.50. The largest absolute Gasteiger partial charge is 0.373 e. The molecule has 1 aliphatic heterocycles. The second kappa shape index (κ2) is 6.96. The summed E-state index contributed by atoms with van der Waals surface area (Å²) in [4.78, 5) is 16.2. The van der Waals surface area contributed by atoms with Gasteiger partial charge in [0, 0.05) is 38.5 Å². The molecule has 0 radical (unpaired) electrons. The van der Waals surface area contributed by atoms with Gasteiger partial charge in [-0.15, -0.1) is 0 Å². The number of aryl methyl sites for hydroxylation is 2. The molecule has 0 aliphatic carbocycles. The summed E-state index contributed by atoms with van der Waals surface area (Å²) in [6, 6.07) is 8.51. The highest BCUT2D eigenvalue weighted by Gasteiger charge is 2.27. The normalized spacial score (nSPS) is 21.1. The van der Waals surface area contributed by atoms with Gasteiger partial charge in [0.15, 0.2) is 5.82 Å². The Morgan fingerprint density at radius 2 is 2.13 bits per heavy atom. The second-order valence-electron chi connectivity index (χ2n) is 6.18. The van der Waals surface area contributed by atoms with Crippen molar-refractivity contribution in [3.63, 3.8) is 0 Å². The van der Waals surface area contributed by atoms with Gasteiger partial charge in [0.1, 0.15) is 0 Å². The van der Waals surface area contributed by atoms with Gasteiger partial charge in [-0.2, -0.15) is 0 Å². The van der Waals surface area contributed by atoms with Crippen molar-refractivity contribution < 1.29 is 4.74 Å². The van der Waals surface area contributed by atoms with Crippen LogP contribution in [0.4, 0.5) is 5.82 Å². The fraction of sp³-hybridized carbons (Fsp3) is 0.444. The van der Waals surface area contributed by atoms with Gasteiger partial charge in [0.2, 0.25) is 0 Å². The summed E-state index contributed by atoms with van der Waals surface area (Å²) < 4.78 is 7.55. The minimum atomic E-state index is -0.101. The zero-order chi connectivity index (χ0) is 16.2. The van der Waals surface area contributed by atoms with Crippen LogP contribution in [0.3, 0.4) is 0 Å². The van der Waals surface area contributed by atoms with Crippen LogP contribution in [0.2, 0.25) is 0 Å². The van der Waals surface area contributed by atoms with Crippen LogP contribution in [0.25, 0.3) is 0 Å². The van der Waals surface area contributed by atoms with Crippen molar-refractivity contribution >= 4 is 5.82 Å². The Labute approximate surface area is 136 Å². The molecule has 1 fully saturated rings. The maximum absolute atomic E-state index is 12.0. The van der Waals surface area contributed by atoms with Gasteiger partial charge in [0.05, 0.1) is 6.10 Å². The quantitative estimate of drug-likeness (QED) is 0.943. The molecule has 5 nitrogen and oxygen atoms in total. The molecule has 0 bridgehead atoms. The lowest BCUT2D eigenvalue weighted by molar-refractivity contribution is -0.0238. The maximum Gasteiger partial charge on any atom is 0.293 e. The van der Waals surface area contributed by atoms with Crippen molar-refractivity contribution in [1.29, 1.82) is 0 Å². The SMILES string of the molecule is Cc1ccc(C2OCCCC2CNc2nccn(C)c2=O)cc1. The summed E-state index contributed by atoms with van der Waals surface area (Å²) in [5, 5.41) is 3.21. The van der Waals surface area contributed by atoms with E-state index >= 15 is 0 Å². The fourth-order valence-corrected chi connectivity index (χ4v) is 3.02. The van der Waals surface area contributed by atoms with E-state index in [0.717, 1.165) is 19.4 Å². The van der Waals surface area contributed by atoms with Gasteiger partial charge in [-0.05, 0) is 25.3 Å². The fourth-order valence-electron chi connectivity index (χ4n) is 3.02. The Morgan fingerprint density at radius 3 is 2.91 bits per heavy atom. The molecule has 2 unspecified atom stereocenters. The molecule has 1 aromatic heterocycles. The van der Waals surface area contributed by atoms with Crippen LogP contribution in [0, 0.1) is 12.8 Å². The molecular weight excluding hydrogens is 290 g/mol. The third-order valence-corrected chi connectivity index (χ3v) is 4.40. The number of nitrogens with zero attached hydrogens (tertiary/aromatic N) is 2. The average Bonchev–Trinajstić information content (AvgIpc) is 2.57. The molecule has 1 aliphatic rings. The molecule has 122 valence electrons. The first-order valence-electron chi connectivity index (χ1n) is 8.09. The van der Waals surface area contributed by atoms with Crippen molar-refractivity contribution in [2.24, 2.45) is 13.0 Å². The summed E-state index contributed by atoms with van der Waals surface area (Å²) in [5.41, 5.74) is 2.35. The van der Waals surface area contributed by atoms with Crippen LogP contribution in [-0.4, -0.2) is 22.7 Å². The number of benzene rings is 1. The van der Waals surface area contributed by atoms with E-state index in [9.17, 15) is 4.79 Å². The number of ether oxygens (including phenoxy) is 1. The van der Waals surface area contributed by atoms with E-state index in [1.165, 1.54) is 15.7 Å². The highest BCUT2D eigenvalue weighted by atomic mass is 16.5. The van der Waals surface area contributed by atoms with Crippen molar-refractivity contribution in [2.75, 3.05) is 18.5 Å². The Balaban J connectivity index is 1.73. The molecule has 2 aromatic rings. The number of aromatic nitrogens is 2. The van der Waals surface area contributed by atoms with Gasteiger partial charge in [-0.3, -0.25) is 4.79 Å². The van der Waals surface area contributed by atoms with E-state index in [-0.39, 0.29) is 11.7 Å². The summed E-state index contributed by atoms with van der Waals surface area (Å²) in [5.74, 6) is 0.737. The van der Waals surface area contributed by atoms with Gasteiger partial charge in [0.25, 0.3) is 5.56 Å². The molecule has 1 N–H and O–H groups in total. The van der Waals surface area contributed by atoms with E-state index in [2.05, 4.69) is 41.5 Å².